The fourth-order valence-corrected chi connectivity index (χ4v) is 5.50. The molecular weight excluding hydrogens is 480 g/mol. The zero-order valence-corrected chi connectivity index (χ0v) is 19.9. The first kappa shape index (κ1) is 22.7. The van der Waals surface area contributed by atoms with Gasteiger partial charge in [-0.15, -0.1) is 6.42 Å². The highest BCUT2D eigenvalue weighted by Gasteiger charge is 2.16. The molecule has 5 rings (SSSR count). The van der Waals surface area contributed by atoms with Crippen LogP contribution < -0.4 is 9.94 Å². The fourth-order valence-electron chi connectivity index (χ4n) is 3.82. The molecule has 0 saturated carbocycles. The standard InChI is InChI=1S/C26H18N4O3S2/c1-2-14-30-23-13-12-18(35(27,32)33)15-24(23)34-26(30)29-25(31)20-16-22(17-8-4-3-5-9-17)28-21-11-7-6-10-19(20)21/h1,3-13,15-16H,14H2,(H2,27,32,33). The van der Waals surface area contributed by atoms with Crippen LogP contribution in [0.4, 0.5) is 0 Å². The maximum absolute atomic E-state index is 13.5. The van der Waals surface area contributed by atoms with Crippen LogP contribution >= 0.6 is 11.3 Å². The fraction of sp³-hybridized carbons (Fsp3) is 0.0385. The summed E-state index contributed by atoms with van der Waals surface area (Å²) in [6, 6.07) is 23.2. The van der Waals surface area contributed by atoms with Gasteiger partial charge in [0.05, 0.1) is 38.4 Å². The van der Waals surface area contributed by atoms with E-state index >= 15 is 0 Å². The number of nitrogens with zero attached hydrogens (tertiary/aromatic N) is 3. The topological polar surface area (TPSA) is 107 Å². The number of benzene rings is 3. The molecule has 35 heavy (non-hydrogen) atoms. The Morgan fingerprint density at radius 2 is 1.80 bits per heavy atom. The summed E-state index contributed by atoms with van der Waals surface area (Å²) in [4.78, 5) is 23.0. The first-order valence-corrected chi connectivity index (χ1v) is 12.9. The number of hydrogen-bond donors (Lipinski definition) is 1. The van der Waals surface area contributed by atoms with Crippen LogP contribution in [0.1, 0.15) is 10.4 Å². The van der Waals surface area contributed by atoms with Crippen molar-refractivity contribution in [3.8, 4) is 23.6 Å². The Morgan fingerprint density at radius 3 is 2.54 bits per heavy atom. The molecule has 0 aliphatic heterocycles. The molecule has 5 aromatic rings. The van der Waals surface area contributed by atoms with E-state index in [4.69, 9.17) is 16.5 Å². The number of rotatable bonds is 4. The summed E-state index contributed by atoms with van der Waals surface area (Å²) in [5.41, 5.74) is 3.29. The SMILES string of the molecule is C#CCn1c(=NC(=O)c2cc(-c3ccccc3)nc3ccccc23)sc2cc(S(N)(=O)=O)ccc21. The predicted octanol–water partition coefficient (Wildman–Crippen LogP) is 3.94. The molecule has 172 valence electrons. The van der Waals surface area contributed by atoms with Crippen molar-refractivity contribution in [3.05, 3.63) is 89.2 Å². The smallest absolute Gasteiger partial charge is 0.280 e. The largest absolute Gasteiger partial charge is 0.305 e. The number of para-hydroxylation sites is 1. The van der Waals surface area contributed by atoms with E-state index in [0.29, 0.717) is 37.2 Å². The predicted molar refractivity (Wildman–Crippen MR) is 137 cm³/mol. The molecule has 3 aromatic carbocycles. The van der Waals surface area contributed by atoms with E-state index in [1.165, 1.54) is 23.5 Å². The molecule has 0 saturated heterocycles. The number of primary sulfonamides is 1. The van der Waals surface area contributed by atoms with Gasteiger partial charge in [0.15, 0.2) is 4.80 Å². The van der Waals surface area contributed by atoms with Gasteiger partial charge in [0, 0.05) is 10.9 Å². The van der Waals surface area contributed by atoms with Crippen LogP contribution in [-0.4, -0.2) is 23.9 Å². The zero-order chi connectivity index (χ0) is 24.6. The van der Waals surface area contributed by atoms with E-state index in [0.717, 1.165) is 5.56 Å². The number of nitrogens with two attached hydrogens (primary N) is 1. The molecule has 0 fully saturated rings. The van der Waals surface area contributed by atoms with Crippen molar-refractivity contribution in [2.75, 3.05) is 0 Å². The summed E-state index contributed by atoms with van der Waals surface area (Å²) >= 11 is 1.17. The molecule has 0 aliphatic rings. The second kappa shape index (κ2) is 8.92. The Balaban J connectivity index is 1.71. The highest BCUT2D eigenvalue weighted by Crippen LogP contribution is 2.26. The van der Waals surface area contributed by atoms with Crippen molar-refractivity contribution in [1.82, 2.24) is 9.55 Å². The van der Waals surface area contributed by atoms with Gasteiger partial charge in [-0.05, 0) is 30.3 Å². The van der Waals surface area contributed by atoms with Crippen molar-refractivity contribution in [1.29, 1.82) is 0 Å². The lowest BCUT2D eigenvalue weighted by Crippen LogP contribution is -2.16. The summed E-state index contributed by atoms with van der Waals surface area (Å²) in [7, 11) is -3.88. The Labute approximate surface area is 205 Å². The second-order valence-corrected chi connectivity index (χ2v) is 10.3. The first-order valence-electron chi connectivity index (χ1n) is 10.5. The van der Waals surface area contributed by atoms with Gasteiger partial charge < -0.3 is 4.57 Å². The van der Waals surface area contributed by atoms with E-state index < -0.39 is 15.9 Å². The quantitative estimate of drug-likeness (QED) is 0.379. The van der Waals surface area contributed by atoms with E-state index in [1.807, 2.05) is 54.6 Å². The van der Waals surface area contributed by atoms with Crippen molar-refractivity contribution in [2.24, 2.45) is 10.1 Å². The number of carbonyl (C=O) groups excluding carboxylic acids is 1. The normalized spacial score (nSPS) is 12.2. The Hall–Kier alpha value is -4.10. The number of thiazole rings is 1. The third-order valence-electron chi connectivity index (χ3n) is 5.45. The minimum Gasteiger partial charge on any atom is -0.305 e. The third kappa shape index (κ3) is 4.38. The second-order valence-electron chi connectivity index (χ2n) is 7.70. The number of pyridine rings is 1. The van der Waals surface area contributed by atoms with Gasteiger partial charge in [-0.25, -0.2) is 18.5 Å². The minimum atomic E-state index is -3.88. The molecule has 2 heterocycles. The molecule has 0 unspecified atom stereocenters. The third-order valence-corrected chi connectivity index (χ3v) is 7.40. The monoisotopic (exact) mass is 498 g/mol. The Bertz CT molecular complexity index is 1830. The number of aromatic nitrogens is 2. The van der Waals surface area contributed by atoms with Crippen molar-refractivity contribution in [3.63, 3.8) is 0 Å². The number of fused-ring (bicyclic) bond motifs is 2. The van der Waals surface area contributed by atoms with Gasteiger partial charge in [-0.1, -0.05) is 65.8 Å². The van der Waals surface area contributed by atoms with Crippen molar-refractivity contribution >= 4 is 48.4 Å². The average molecular weight is 499 g/mol. The van der Waals surface area contributed by atoms with Crippen LogP contribution in [0.2, 0.25) is 0 Å². The van der Waals surface area contributed by atoms with Crippen molar-refractivity contribution < 1.29 is 13.2 Å². The maximum atomic E-state index is 13.5. The molecular formula is C26H18N4O3S2. The Morgan fingerprint density at radius 1 is 1.06 bits per heavy atom. The summed E-state index contributed by atoms with van der Waals surface area (Å²) in [6.07, 6.45) is 5.56. The first-order chi connectivity index (χ1) is 16.8. The number of amides is 1. The summed E-state index contributed by atoms with van der Waals surface area (Å²) < 4.78 is 25.9. The van der Waals surface area contributed by atoms with E-state index in [-0.39, 0.29) is 11.4 Å². The highest BCUT2D eigenvalue weighted by atomic mass is 32.2. The van der Waals surface area contributed by atoms with Gasteiger partial charge in [0.25, 0.3) is 5.91 Å². The number of sulfonamides is 1. The van der Waals surface area contributed by atoms with Crippen LogP contribution in [-0.2, 0) is 16.6 Å². The number of terminal acetylenes is 1. The molecule has 7 nitrogen and oxygen atoms in total. The molecule has 1 amide bonds. The summed E-state index contributed by atoms with van der Waals surface area (Å²) in [5, 5.41) is 5.96. The molecule has 0 bridgehead atoms. The van der Waals surface area contributed by atoms with Gasteiger partial charge >= 0.3 is 0 Å². The van der Waals surface area contributed by atoms with Gasteiger partial charge in [0.1, 0.15) is 0 Å². The van der Waals surface area contributed by atoms with Gasteiger partial charge in [-0.3, -0.25) is 4.79 Å². The van der Waals surface area contributed by atoms with E-state index in [2.05, 4.69) is 10.9 Å². The lowest BCUT2D eigenvalue weighted by Gasteiger charge is -2.07. The lowest BCUT2D eigenvalue weighted by atomic mass is 10.0. The summed E-state index contributed by atoms with van der Waals surface area (Å²) in [6.45, 7) is 0.160. The molecule has 0 radical (unpaired) electrons. The zero-order valence-electron chi connectivity index (χ0n) is 18.3. The number of hydrogen-bond acceptors (Lipinski definition) is 5. The maximum Gasteiger partial charge on any atom is 0.280 e. The van der Waals surface area contributed by atoms with Gasteiger partial charge in [-0.2, -0.15) is 4.99 Å². The number of carbonyl (C=O) groups is 1. The summed E-state index contributed by atoms with van der Waals surface area (Å²) in [5.74, 6) is 2.11. The Kier molecular flexibility index (Phi) is 5.78. The van der Waals surface area contributed by atoms with E-state index in [9.17, 15) is 13.2 Å². The van der Waals surface area contributed by atoms with Crippen LogP contribution in [0.5, 0.6) is 0 Å². The average Bonchev–Trinajstić information content (AvgIpc) is 3.19. The van der Waals surface area contributed by atoms with Crippen LogP contribution in [0.15, 0.2) is 88.8 Å². The van der Waals surface area contributed by atoms with E-state index in [1.54, 1.807) is 16.7 Å². The highest BCUT2D eigenvalue weighted by molar-refractivity contribution is 7.89. The minimum absolute atomic E-state index is 0.0235. The van der Waals surface area contributed by atoms with Crippen molar-refractivity contribution in [2.45, 2.75) is 11.4 Å². The molecule has 2 N–H and O–H groups in total. The van der Waals surface area contributed by atoms with Gasteiger partial charge in [0.2, 0.25) is 10.0 Å². The van der Waals surface area contributed by atoms with Crippen LogP contribution in [0.3, 0.4) is 0 Å². The molecule has 2 aromatic heterocycles. The molecule has 0 aliphatic carbocycles. The lowest BCUT2D eigenvalue weighted by molar-refractivity contribution is 0.0999. The van der Waals surface area contributed by atoms with Crippen LogP contribution in [0, 0.1) is 12.3 Å². The molecule has 0 spiro atoms. The molecule has 0 atom stereocenters. The molecule has 9 heteroatoms. The van der Waals surface area contributed by atoms with Crippen LogP contribution in [0.25, 0.3) is 32.4 Å².